The number of aryl methyl sites for hydroxylation is 1. The normalized spacial score (nSPS) is 10.5. The molecule has 2 aromatic rings. The Balaban J connectivity index is 2.69. The van der Waals surface area contributed by atoms with E-state index in [9.17, 15) is 14.3 Å². The van der Waals surface area contributed by atoms with E-state index in [0.717, 1.165) is 0 Å². The Morgan fingerprint density at radius 1 is 1.16 bits per heavy atom. The molecule has 0 atom stereocenters. The van der Waals surface area contributed by atoms with Crippen molar-refractivity contribution >= 4 is 29.2 Å². The van der Waals surface area contributed by atoms with Gasteiger partial charge in [-0.05, 0) is 47.9 Å². The van der Waals surface area contributed by atoms with Gasteiger partial charge in [0.1, 0.15) is 5.82 Å². The first-order chi connectivity index (χ1) is 8.90. The maximum Gasteiger partial charge on any atom is 0.336 e. The second-order valence-electron chi connectivity index (χ2n) is 4.08. The fraction of sp³-hybridized carbons (Fsp3) is 0.0714. The monoisotopic (exact) mass is 298 g/mol. The zero-order chi connectivity index (χ0) is 14.2. The van der Waals surface area contributed by atoms with Gasteiger partial charge in [-0.25, -0.2) is 9.18 Å². The van der Waals surface area contributed by atoms with E-state index in [4.69, 9.17) is 23.2 Å². The third kappa shape index (κ3) is 2.72. The van der Waals surface area contributed by atoms with Crippen LogP contribution in [0, 0.1) is 12.7 Å². The van der Waals surface area contributed by atoms with Crippen LogP contribution in [0.2, 0.25) is 10.0 Å². The molecule has 0 heterocycles. The lowest BCUT2D eigenvalue weighted by molar-refractivity contribution is 0.0697. The maximum atomic E-state index is 13.6. The molecule has 0 radical (unpaired) electrons. The van der Waals surface area contributed by atoms with E-state index in [1.54, 1.807) is 12.1 Å². The molecule has 0 unspecified atom stereocenters. The van der Waals surface area contributed by atoms with Gasteiger partial charge in [-0.3, -0.25) is 0 Å². The summed E-state index contributed by atoms with van der Waals surface area (Å²) < 4.78 is 13.6. The predicted molar refractivity (Wildman–Crippen MR) is 73.6 cm³/mol. The fourth-order valence-electron chi connectivity index (χ4n) is 1.76. The van der Waals surface area contributed by atoms with E-state index in [1.165, 1.54) is 25.1 Å². The number of carbonyl (C=O) groups is 1. The summed E-state index contributed by atoms with van der Waals surface area (Å²) in [7, 11) is 0. The molecule has 2 nitrogen and oxygen atoms in total. The number of rotatable bonds is 2. The molecule has 0 aliphatic carbocycles. The highest BCUT2D eigenvalue weighted by Crippen LogP contribution is 2.31. The smallest absolute Gasteiger partial charge is 0.336 e. The number of halogens is 3. The summed E-state index contributed by atoms with van der Waals surface area (Å²) >= 11 is 11.7. The van der Waals surface area contributed by atoms with Crippen molar-refractivity contribution in [1.29, 1.82) is 0 Å². The van der Waals surface area contributed by atoms with Crippen molar-refractivity contribution in [3.05, 3.63) is 57.3 Å². The van der Waals surface area contributed by atoms with Crippen LogP contribution in [0.5, 0.6) is 0 Å². The molecule has 0 amide bonds. The van der Waals surface area contributed by atoms with Gasteiger partial charge in [0, 0.05) is 0 Å². The Hall–Kier alpha value is -1.58. The van der Waals surface area contributed by atoms with Crippen LogP contribution < -0.4 is 0 Å². The van der Waals surface area contributed by atoms with E-state index in [0.29, 0.717) is 10.6 Å². The predicted octanol–water partition coefficient (Wildman–Crippen LogP) is 4.81. The molecule has 2 rings (SSSR count). The maximum absolute atomic E-state index is 13.6. The minimum absolute atomic E-state index is 0.0253. The molecular formula is C14H9Cl2FO2. The number of carboxylic acids is 1. The topological polar surface area (TPSA) is 37.3 Å². The quantitative estimate of drug-likeness (QED) is 0.864. The largest absolute Gasteiger partial charge is 0.478 e. The molecule has 19 heavy (non-hydrogen) atoms. The third-order valence-electron chi connectivity index (χ3n) is 2.76. The minimum atomic E-state index is -1.12. The van der Waals surface area contributed by atoms with Crippen LogP contribution in [-0.4, -0.2) is 11.1 Å². The zero-order valence-electron chi connectivity index (χ0n) is 9.88. The lowest BCUT2D eigenvalue weighted by Crippen LogP contribution is -2.02. The molecular weight excluding hydrogens is 290 g/mol. The summed E-state index contributed by atoms with van der Waals surface area (Å²) in [6.07, 6.45) is 0. The van der Waals surface area contributed by atoms with Gasteiger partial charge in [-0.2, -0.15) is 0 Å². The van der Waals surface area contributed by atoms with Crippen molar-refractivity contribution in [3.8, 4) is 11.1 Å². The van der Waals surface area contributed by atoms with Gasteiger partial charge < -0.3 is 5.11 Å². The van der Waals surface area contributed by atoms with Crippen molar-refractivity contribution in [3.63, 3.8) is 0 Å². The van der Waals surface area contributed by atoms with Gasteiger partial charge in [-0.1, -0.05) is 29.3 Å². The van der Waals surface area contributed by atoms with Crippen LogP contribution in [0.3, 0.4) is 0 Å². The molecule has 0 fully saturated rings. The number of hydrogen-bond acceptors (Lipinski definition) is 1. The Labute approximate surface area is 119 Å². The van der Waals surface area contributed by atoms with Crippen LogP contribution in [-0.2, 0) is 0 Å². The van der Waals surface area contributed by atoms with E-state index in [2.05, 4.69) is 0 Å². The highest BCUT2D eigenvalue weighted by atomic mass is 35.5. The molecule has 5 heteroatoms. The van der Waals surface area contributed by atoms with Crippen molar-refractivity contribution in [2.24, 2.45) is 0 Å². The molecule has 0 spiro atoms. The molecule has 2 aromatic carbocycles. The molecule has 0 bridgehead atoms. The molecule has 1 N–H and O–H groups in total. The number of aromatic carboxylic acids is 1. The lowest BCUT2D eigenvalue weighted by Gasteiger charge is -2.09. The lowest BCUT2D eigenvalue weighted by atomic mass is 9.97. The molecule has 0 aliphatic rings. The molecule has 0 aromatic heterocycles. The molecule has 0 aliphatic heterocycles. The molecule has 0 saturated heterocycles. The summed E-state index contributed by atoms with van der Waals surface area (Å²) in [6.45, 7) is 1.51. The Morgan fingerprint density at radius 3 is 2.42 bits per heavy atom. The van der Waals surface area contributed by atoms with E-state index in [-0.39, 0.29) is 21.7 Å². The van der Waals surface area contributed by atoms with Gasteiger partial charge in [0.05, 0.1) is 15.6 Å². The van der Waals surface area contributed by atoms with Gasteiger partial charge in [-0.15, -0.1) is 0 Å². The first-order valence-corrected chi connectivity index (χ1v) is 6.14. The first kappa shape index (κ1) is 13.8. The average Bonchev–Trinajstić information content (AvgIpc) is 2.35. The number of carboxylic acid groups (broad SMARTS) is 1. The second-order valence-corrected chi connectivity index (χ2v) is 4.90. The molecule has 98 valence electrons. The Bertz CT molecular complexity index is 669. The Morgan fingerprint density at radius 2 is 1.84 bits per heavy atom. The van der Waals surface area contributed by atoms with Gasteiger partial charge in [0.2, 0.25) is 0 Å². The fourth-order valence-corrected chi connectivity index (χ4v) is 2.06. The first-order valence-electron chi connectivity index (χ1n) is 5.39. The zero-order valence-corrected chi connectivity index (χ0v) is 11.4. The van der Waals surface area contributed by atoms with Crippen molar-refractivity contribution in [2.45, 2.75) is 6.92 Å². The highest BCUT2D eigenvalue weighted by Gasteiger charge is 2.15. The SMILES string of the molecule is Cc1cc(C(=O)O)c(-c2ccc(Cl)c(Cl)c2)cc1F. The molecule has 0 saturated carbocycles. The summed E-state index contributed by atoms with van der Waals surface area (Å²) in [5.41, 5.74) is 1.08. The van der Waals surface area contributed by atoms with Crippen molar-refractivity contribution < 1.29 is 14.3 Å². The number of hydrogen-bond donors (Lipinski definition) is 1. The van der Waals surface area contributed by atoms with E-state index < -0.39 is 11.8 Å². The van der Waals surface area contributed by atoms with Crippen molar-refractivity contribution in [1.82, 2.24) is 0 Å². The average molecular weight is 299 g/mol. The minimum Gasteiger partial charge on any atom is -0.478 e. The standard InChI is InChI=1S/C14H9Cl2FO2/c1-7-4-10(14(18)19)9(6-13(7)17)8-2-3-11(15)12(16)5-8/h2-6H,1H3,(H,18,19). The van der Waals surface area contributed by atoms with Crippen molar-refractivity contribution in [2.75, 3.05) is 0 Å². The Kier molecular flexibility index (Phi) is 3.78. The van der Waals surface area contributed by atoms with Gasteiger partial charge in [0.15, 0.2) is 0 Å². The van der Waals surface area contributed by atoms with Crippen LogP contribution in [0.4, 0.5) is 4.39 Å². The van der Waals surface area contributed by atoms with Crippen LogP contribution >= 0.6 is 23.2 Å². The van der Waals surface area contributed by atoms with E-state index in [1.807, 2.05) is 0 Å². The third-order valence-corrected chi connectivity index (χ3v) is 3.50. The summed E-state index contributed by atoms with van der Waals surface area (Å²) in [6, 6.07) is 7.15. The highest BCUT2D eigenvalue weighted by molar-refractivity contribution is 6.42. The summed E-state index contributed by atoms with van der Waals surface area (Å²) in [5, 5.41) is 9.83. The van der Waals surface area contributed by atoms with Crippen LogP contribution in [0.15, 0.2) is 30.3 Å². The van der Waals surface area contributed by atoms with Gasteiger partial charge >= 0.3 is 5.97 Å². The summed E-state index contributed by atoms with van der Waals surface area (Å²) in [5.74, 6) is -1.59. The van der Waals surface area contributed by atoms with Gasteiger partial charge in [0.25, 0.3) is 0 Å². The number of benzene rings is 2. The van der Waals surface area contributed by atoms with Crippen LogP contribution in [0.25, 0.3) is 11.1 Å². The van der Waals surface area contributed by atoms with Crippen LogP contribution in [0.1, 0.15) is 15.9 Å². The summed E-state index contributed by atoms with van der Waals surface area (Å²) in [4.78, 5) is 11.2. The second kappa shape index (κ2) is 5.19. The van der Waals surface area contributed by atoms with E-state index >= 15 is 0 Å².